The molecule has 0 unspecified atom stereocenters. The second-order valence-corrected chi connectivity index (χ2v) is 4.77. The molecule has 0 saturated carbocycles. The van der Waals surface area contributed by atoms with Gasteiger partial charge in [-0.15, -0.1) is 0 Å². The van der Waals surface area contributed by atoms with Crippen LogP contribution >= 0.6 is 15.9 Å². The predicted octanol–water partition coefficient (Wildman–Crippen LogP) is 1.63. The number of halogens is 1. The summed E-state index contributed by atoms with van der Waals surface area (Å²) in [5.41, 5.74) is 0.731. The molecular weight excluding hydrogens is 314 g/mol. The second-order valence-electron chi connectivity index (χ2n) is 3.91. The van der Waals surface area contributed by atoms with Gasteiger partial charge in [0.05, 0.1) is 11.3 Å². The van der Waals surface area contributed by atoms with E-state index in [-0.39, 0.29) is 18.0 Å². The average molecular weight is 330 g/mol. The van der Waals surface area contributed by atoms with Crippen molar-refractivity contribution in [3.8, 4) is 0 Å². The SMILES string of the molecule is CCNCCNC(=O)Cc1ccc([N+](=O)[O-])cc1Br. The zero-order valence-electron chi connectivity index (χ0n) is 10.6. The molecule has 2 N–H and O–H groups in total. The smallest absolute Gasteiger partial charge is 0.270 e. The van der Waals surface area contributed by atoms with Gasteiger partial charge >= 0.3 is 0 Å². The molecule has 1 amide bonds. The molecule has 0 aliphatic carbocycles. The van der Waals surface area contributed by atoms with Gasteiger partial charge in [0.1, 0.15) is 0 Å². The summed E-state index contributed by atoms with van der Waals surface area (Å²) < 4.78 is 0.573. The summed E-state index contributed by atoms with van der Waals surface area (Å²) in [6.45, 7) is 4.15. The zero-order valence-corrected chi connectivity index (χ0v) is 12.2. The van der Waals surface area contributed by atoms with Gasteiger partial charge in [-0.05, 0) is 12.1 Å². The minimum atomic E-state index is -0.467. The number of nitro benzene ring substituents is 1. The van der Waals surface area contributed by atoms with Crippen LogP contribution in [0.1, 0.15) is 12.5 Å². The van der Waals surface area contributed by atoms with Crippen LogP contribution in [0.3, 0.4) is 0 Å². The normalized spacial score (nSPS) is 10.2. The fourth-order valence-corrected chi connectivity index (χ4v) is 2.00. The maximum absolute atomic E-state index is 11.7. The van der Waals surface area contributed by atoms with Crippen LogP contribution in [0.4, 0.5) is 5.69 Å². The molecule has 0 aliphatic rings. The van der Waals surface area contributed by atoms with Crippen LogP contribution in [0.2, 0.25) is 0 Å². The standard InChI is InChI=1S/C12H16BrN3O3/c1-2-14-5-6-15-12(17)7-9-3-4-10(16(18)19)8-11(9)13/h3-4,8,14H,2,5-7H2,1H3,(H,15,17). The van der Waals surface area contributed by atoms with Crippen molar-refractivity contribution in [2.75, 3.05) is 19.6 Å². The first kappa shape index (κ1) is 15.6. The monoisotopic (exact) mass is 329 g/mol. The molecule has 0 radical (unpaired) electrons. The number of benzene rings is 1. The Hall–Kier alpha value is -1.47. The van der Waals surface area contributed by atoms with Gasteiger partial charge in [-0.1, -0.05) is 28.9 Å². The van der Waals surface area contributed by atoms with E-state index in [4.69, 9.17) is 0 Å². The van der Waals surface area contributed by atoms with Crippen LogP contribution in [0.25, 0.3) is 0 Å². The van der Waals surface area contributed by atoms with Gasteiger partial charge in [0, 0.05) is 29.7 Å². The van der Waals surface area contributed by atoms with E-state index >= 15 is 0 Å². The van der Waals surface area contributed by atoms with Crippen LogP contribution in [0, 0.1) is 10.1 Å². The molecule has 0 aliphatic heterocycles. The minimum absolute atomic E-state index is 0.00294. The molecular formula is C12H16BrN3O3. The van der Waals surface area contributed by atoms with Gasteiger partial charge < -0.3 is 10.6 Å². The highest BCUT2D eigenvalue weighted by molar-refractivity contribution is 9.10. The molecule has 0 fully saturated rings. The number of likely N-dealkylation sites (N-methyl/N-ethyl adjacent to an activating group) is 1. The third-order valence-electron chi connectivity index (χ3n) is 2.47. The fraction of sp³-hybridized carbons (Fsp3) is 0.417. The molecule has 0 spiro atoms. The van der Waals surface area contributed by atoms with E-state index in [1.807, 2.05) is 6.92 Å². The summed E-state index contributed by atoms with van der Waals surface area (Å²) >= 11 is 3.24. The first-order chi connectivity index (χ1) is 9.04. The Kier molecular flexibility index (Phi) is 6.44. The molecule has 1 aromatic carbocycles. The van der Waals surface area contributed by atoms with Crippen LogP contribution in [0.5, 0.6) is 0 Å². The number of amides is 1. The maximum Gasteiger partial charge on any atom is 0.270 e. The number of nitrogens with one attached hydrogen (secondary N) is 2. The Balaban J connectivity index is 2.52. The number of non-ortho nitro benzene ring substituents is 1. The highest BCUT2D eigenvalue weighted by Crippen LogP contribution is 2.23. The Bertz CT molecular complexity index is 466. The lowest BCUT2D eigenvalue weighted by molar-refractivity contribution is -0.384. The summed E-state index contributed by atoms with van der Waals surface area (Å²) in [7, 11) is 0. The van der Waals surface area contributed by atoms with E-state index in [1.54, 1.807) is 6.07 Å². The van der Waals surface area contributed by atoms with E-state index < -0.39 is 4.92 Å². The largest absolute Gasteiger partial charge is 0.355 e. The highest BCUT2D eigenvalue weighted by Gasteiger charge is 2.11. The molecule has 0 saturated heterocycles. The quantitative estimate of drug-likeness (QED) is 0.452. The molecule has 7 heteroatoms. The topological polar surface area (TPSA) is 84.3 Å². The van der Waals surface area contributed by atoms with E-state index in [2.05, 4.69) is 26.6 Å². The number of rotatable bonds is 7. The third-order valence-corrected chi connectivity index (χ3v) is 3.21. The maximum atomic E-state index is 11.7. The Morgan fingerprint density at radius 3 is 2.74 bits per heavy atom. The lowest BCUT2D eigenvalue weighted by Crippen LogP contribution is -2.32. The predicted molar refractivity (Wildman–Crippen MR) is 76.1 cm³/mol. The van der Waals surface area contributed by atoms with Crippen molar-refractivity contribution < 1.29 is 9.72 Å². The summed E-state index contributed by atoms with van der Waals surface area (Å²) in [6.07, 6.45) is 0.199. The molecule has 0 atom stereocenters. The minimum Gasteiger partial charge on any atom is -0.355 e. The lowest BCUT2D eigenvalue weighted by Gasteiger charge is -2.07. The van der Waals surface area contributed by atoms with Gasteiger partial charge in [0.15, 0.2) is 0 Å². The van der Waals surface area contributed by atoms with Gasteiger partial charge in [0.2, 0.25) is 5.91 Å². The van der Waals surface area contributed by atoms with Crippen molar-refractivity contribution in [2.45, 2.75) is 13.3 Å². The number of carbonyl (C=O) groups excluding carboxylic acids is 1. The van der Waals surface area contributed by atoms with Crippen molar-refractivity contribution >= 4 is 27.5 Å². The van der Waals surface area contributed by atoms with E-state index in [1.165, 1.54) is 12.1 Å². The number of hydrogen-bond acceptors (Lipinski definition) is 4. The highest BCUT2D eigenvalue weighted by atomic mass is 79.9. The molecule has 6 nitrogen and oxygen atoms in total. The van der Waals surface area contributed by atoms with Crippen molar-refractivity contribution in [1.29, 1.82) is 0 Å². The second kappa shape index (κ2) is 7.85. The van der Waals surface area contributed by atoms with Crippen LogP contribution in [0.15, 0.2) is 22.7 Å². The van der Waals surface area contributed by atoms with E-state index in [0.717, 1.165) is 18.7 Å². The molecule has 104 valence electrons. The van der Waals surface area contributed by atoms with Crippen LogP contribution < -0.4 is 10.6 Å². The lowest BCUT2D eigenvalue weighted by atomic mass is 10.1. The van der Waals surface area contributed by atoms with Crippen molar-refractivity contribution in [3.05, 3.63) is 38.3 Å². The molecule has 1 rings (SSSR count). The molecule has 1 aromatic rings. The first-order valence-corrected chi connectivity index (χ1v) is 6.74. The fourth-order valence-electron chi connectivity index (χ4n) is 1.50. The number of hydrogen-bond donors (Lipinski definition) is 2. The van der Waals surface area contributed by atoms with Gasteiger partial charge in [-0.3, -0.25) is 14.9 Å². The average Bonchev–Trinajstić information content (AvgIpc) is 2.37. The summed E-state index contributed by atoms with van der Waals surface area (Å²) in [5.74, 6) is -0.104. The number of carbonyl (C=O) groups is 1. The first-order valence-electron chi connectivity index (χ1n) is 5.94. The van der Waals surface area contributed by atoms with Gasteiger partial charge in [-0.25, -0.2) is 0 Å². The zero-order chi connectivity index (χ0) is 14.3. The summed E-state index contributed by atoms with van der Waals surface area (Å²) in [4.78, 5) is 21.8. The van der Waals surface area contributed by atoms with Gasteiger partial charge in [-0.2, -0.15) is 0 Å². The van der Waals surface area contributed by atoms with Crippen molar-refractivity contribution in [2.24, 2.45) is 0 Å². The van der Waals surface area contributed by atoms with Gasteiger partial charge in [0.25, 0.3) is 5.69 Å². The van der Waals surface area contributed by atoms with Crippen LogP contribution in [-0.2, 0) is 11.2 Å². The third kappa shape index (κ3) is 5.35. The van der Waals surface area contributed by atoms with E-state index in [9.17, 15) is 14.9 Å². The summed E-state index contributed by atoms with van der Waals surface area (Å²) in [6, 6.07) is 4.39. The number of nitrogens with zero attached hydrogens (tertiary/aromatic N) is 1. The molecule has 19 heavy (non-hydrogen) atoms. The number of nitro groups is 1. The van der Waals surface area contributed by atoms with Crippen molar-refractivity contribution in [3.63, 3.8) is 0 Å². The summed E-state index contributed by atoms with van der Waals surface area (Å²) in [5, 5.41) is 16.5. The Labute approximate surface area is 119 Å². The molecule has 0 bridgehead atoms. The van der Waals surface area contributed by atoms with Crippen molar-refractivity contribution in [1.82, 2.24) is 10.6 Å². The Morgan fingerprint density at radius 1 is 1.42 bits per heavy atom. The van der Waals surface area contributed by atoms with E-state index in [0.29, 0.717) is 11.0 Å². The Morgan fingerprint density at radius 2 is 2.16 bits per heavy atom. The van der Waals surface area contributed by atoms with Crippen LogP contribution in [-0.4, -0.2) is 30.5 Å². The molecule has 0 aromatic heterocycles. The molecule has 0 heterocycles.